The molecule has 0 amide bonds. The largest absolute Gasteiger partial charge is 0.481 e. The molecule has 80 valence electrons. The maximum atomic E-state index is 10.6. The molecule has 0 saturated carbocycles. The van der Waals surface area contributed by atoms with E-state index in [0.717, 1.165) is 27.8 Å². The van der Waals surface area contributed by atoms with Crippen LogP contribution in [-0.2, 0) is 17.6 Å². The zero-order valence-corrected chi connectivity index (χ0v) is 9.34. The fourth-order valence-electron chi connectivity index (χ4n) is 1.38. The second-order valence-corrected chi connectivity index (χ2v) is 4.32. The number of carbonyl (C=O) groups is 1. The third kappa shape index (κ3) is 1.72. The molecule has 0 aliphatic carbocycles. The number of fused-ring (bicyclic) bond motifs is 1. The molecular formula is C9H11N3O2S. The van der Waals surface area contributed by atoms with Gasteiger partial charge in [0, 0.05) is 11.3 Å². The van der Waals surface area contributed by atoms with Crippen molar-refractivity contribution in [2.75, 3.05) is 0 Å². The normalized spacial score (nSPS) is 11.1. The van der Waals surface area contributed by atoms with Crippen molar-refractivity contribution in [3.05, 3.63) is 16.4 Å². The monoisotopic (exact) mass is 225 g/mol. The van der Waals surface area contributed by atoms with Crippen LogP contribution in [0.5, 0.6) is 0 Å². The molecule has 0 aliphatic rings. The van der Waals surface area contributed by atoms with Gasteiger partial charge in [-0.2, -0.15) is 5.10 Å². The summed E-state index contributed by atoms with van der Waals surface area (Å²) in [6.07, 6.45) is 0.838. The number of hydrogen-bond donors (Lipinski definition) is 1. The molecule has 0 radical (unpaired) electrons. The van der Waals surface area contributed by atoms with Crippen LogP contribution in [0.4, 0.5) is 0 Å². The molecule has 0 saturated heterocycles. The van der Waals surface area contributed by atoms with Crippen molar-refractivity contribution >= 4 is 22.3 Å². The van der Waals surface area contributed by atoms with Crippen molar-refractivity contribution in [2.24, 2.45) is 0 Å². The van der Waals surface area contributed by atoms with Gasteiger partial charge < -0.3 is 5.11 Å². The molecule has 2 aromatic heterocycles. The molecule has 0 fully saturated rings. The predicted octanol–water partition coefficient (Wildman–Crippen LogP) is 1.29. The van der Waals surface area contributed by atoms with E-state index in [1.807, 2.05) is 13.8 Å². The average molecular weight is 225 g/mol. The summed E-state index contributed by atoms with van der Waals surface area (Å²) in [7, 11) is 0. The van der Waals surface area contributed by atoms with Crippen molar-refractivity contribution in [1.29, 1.82) is 0 Å². The first-order chi connectivity index (χ1) is 7.11. The summed E-state index contributed by atoms with van der Waals surface area (Å²) < 4.78 is 1.72. The average Bonchev–Trinajstić information content (AvgIpc) is 2.67. The second kappa shape index (κ2) is 3.62. The van der Waals surface area contributed by atoms with Gasteiger partial charge in [0.25, 0.3) is 0 Å². The van der Waals surface area contributed by atoms with Gasteiger partial charge in [0.15, 0.2) is 5.82 Å². The Kier molecular flexibility index (Phi) is 2.44. The summed E-state index contributed by atoms with van der Waals surface area (Å²) in [5.41, 5.74) is 0.879. The fraction of sp³-hybridized carbons (Fsp3) is 0.444. The van der Waals surface area contributed by atoms with Crippen molar-refractivity contribution in [2.45, 2.75) is 26.7 Å². The highest BCUT2D eigenvalue weighted by Gasteiger charge is 2.14. The van der Waals surface area contributed by atoms with Crippen LogP contribution in [0.25, 0.3) is 4.96 Å². The number of aryl methyl sites for hydroxylation is 2. The van der Waals surface area contributed by atoms with Crippen LogP contribution in [0.1, 0.15) is 23.3 Å². The van der Waals surface area contributed by atoms with Gasteiger partial charge >= 0.3 is 5.97 Å². The summed E-state index contributed by atoms with van der Waals surface area (Å²) in [4.78, 5) is 16.5. The molecular weight excluding hydrogens is 214 g/mol. The maximum Gasteiger partial charge on any atom is 0.308 e. The van der Waals surface area contributed by atoms with E-state index in [9.17, 15) is 4.79 Å². The minimum atomic E-state index is -0.821. The van der Waals surface area contributed by atoms with Crippen molar-refractivity contribution in [1.82, 2.24) is 14.6 Å². The number of aliphatic carboxylic acids is 1. The van der Waals surface area contributed by atoms with Gasteiger partial charge in [0.05, 0.1) is 12.1 Å². The van der Waals surface area contributed by atoms with Crippen LogP contribution in [-0.4, -0.2) is 25.7 Å². The zero-order valence-electron chi connectivity index (χ0n) is 8.52. The summed E-state index contributed by atoms with van der Waals surface area (Å²) in [5, 5.41) is 13.0. The second-order valence-electron chi connectivity index (χ2n) is 3.26. The number of carboxylic acid groups (broad SMARTS) is 1. The third-order valence-electron chi connectivity index (χ3n) is 2.19. The van der Waals surface area contributed by atoms with Gasteiger partial charge in [0.2, 0.25) is 4.96 Å². The Morgan fingerprint density at radius 3 is 2.87 bits per heavy atom. The SMILES string of the molecule is CCc1nc2sc(CC(=O)O)c(C)n2n1. The lowest BCUT2D eigenvalue weighted by molar-refractivity contribution is -0.136. The smallest absolute Gasteiger partial charge is 0.308 e. The number of aromatic nitrogens is 3. The van der Waals surface area contributed by atoms with Gasteiger partial charge in [-0.15, -0.1) is 0 Å². The lowest BCUT2D eigenvalue weighted by Crippen LogP contribution is -2.01. The quantitative estimate of drug-likeness (QED) is 0.854. The molecule has 5 nitrogen and oxygen atoms in total. The Balaban J connectivity index is 2.47. The molecule has 0 aliphatic heterocycles. The number of nitrogens with zero attached hydrogens (tertiary/aromatic N) is 3. The number of thiazole rings is 1. The van der Waals surface area contributed by atoms with E-state index in [2.05, 4.69) is 10.1 Å². The summed E-state index contributed by atoms with van der Waals surface area (Å²) >= 11 is 1.40. The number of hydrogen-bond acceptors (Lipinski definition) is 4. The van der Waals surface area contributed by atoms with Crippen molar-refractivity contribution in [3.8, 4) is 0 Å². The minimum absolute atomic E-state index is 0.0446. The van der Waals surface area contributed by atoms with Crippen LogP contribution in [0.3, 0.4) is 0 Å². The molecule has 2 aromatic rings. The molecule has 0 bridgehead atoms. The molecule has 6 heteroatoms. The third-order valence-corrected chi connectivity index (χ3v) is 3.32. The number of rotatable bonds is 3. The Bertz CT molecular complexity index is 515. The van der Waals surface area contributed by atoms with Crippen LogP contribution < -0.4 is 0 Å². The van der Waals surface area contributed by atoms with E-state index in [-0.39, 0.29) is 6.42 Å². The molecule has 0 atom stereocenters. The Morgan fingerprint density at radius 2 is 2.33 bits per heavy atom. The Morgan fingerprint density at radius 1 is 1.60 bits per heavy atom. The Hall–Kier alpha value is -1.43. The van der Waals surface area contributed by atoms with Crippen LogP contribution in [0, 0.1) is 6.92 Å². The van der Waals surface area contributed by atoms with Crippen molar-refractivity contribution < 1.29 is 9.90 Å². The van der Waals surface area contributed by atoms with E-state index >= 15 is 0 Å². The van der Waals surface area contributed by atoms with Gasteiger partial charge in [0.1, 0.15) is 0 Å². The van der Waals surface area contributed by atoms with Crippen LogP contribution >= 0.6 is 11.3 Å². The molecule has 2 heterocycles. The fourth-order valence-corrected chi connectivity index (χ4v) is 2.44. The van der Waals surface area contributed by atoms with Gasteiger partial charge in [-0.05, 0) is 6.92 Å². The first kappa shape index (κ1) is 10.1. The highest BCUT2D eigenvalue weighted by atomic mass is 32.1. The minimum Gasteiger partial charge on any atom is -0.481 e. The molecule has 15 heavy (non-hydrogen) atoms. The van der Waals surface area contributed by atoms with Gasteiger partial charge in [-0.1, -0.05) is 18.3 Å². The van der Waals surface area contributed by atoms with E-state index in [1.54, 1.807) is 4.52 Å². The maximum absolute atomic E-state index is 10.6. The molecule has 1 N–H and O–H groups in total. The standard InChI is InChI=1S/C9H11N3O2S/c1-3-7-10-9-12(11-7)5(2)6(15-9)4-8(13)14/h3-4H2,1-2H3,(H,13,14). The van der Waals surface area contributed by atoms with E-state index in [0.29, 0.717) is 0 Å². The Labute approximate surface area is 90.4 Å². The van der Waals surface area contributed by atoms with Crippen LogP contribution in [0.15, 0.2) is 0 Å². The van der Waals surface area contributed by atoms with E-state index in [1.165, 1.54) is 11.3 Å². The lowest BCUT2D eigenvalue weighted by Gasteiger charge is -1.93. The van der Waals surface area contributed by atoms with E-state index < -0.39 is 5.97 Å². The predicted molar refractivity (Wildman–Crippen MR) is 56.3 cm³/mol. The highest BCUT2D eigenvalue weighted by molar-refractivity contribution is 7.17. The highest BCUT2D eigenvalue weighted by Crippen LogP contribution is 2.21. The molecule has 0 unspecified atom stereocenters. The van der Waals surface area contributed by atoms with Gasteiger partial charge in [-0.3, -0.25) is 4.79 Å². The molecule has 0 spiro atoms. The first-order valence-electron chi connectivity index (χ1n) is 4.67. The molecule has 2 rings (SSSR count). The number of carboxylic acids is 1. The summed E-state index contributed by atoms with van der Waals surface area (Å²) in [6.45, 7) is 3.86. The van der Waals surface area contributed by atoms with Crippen molar-refractivity contribution in [3.63, 3.8) is 0 Å². The van der Waals surface area contributed by atoms with Gasteiger partial charge in [-0.25, -0.2) is 9.50 Å². The summed E-state index contributed by atoms with van der Waals surface area (Å²) in [6, 6.07) is 0. The molecule has 0 aromatic carbocycles. The topological polar surface area (TPSA) is 67.5 Å². The van der Waals surface area contributed by atoms with E-state index in [4.69, 9.17) is 5.11 Å². The summed E-state index contributed by atoms with van der Waals surface area (Å²) in [5.74, 6) is -0.0236. The van der Waals surface area contributed by atoms with Crippen LogP contribution in [0.2, 0.25) is 0 Å². The lowest BCUT2D eigenvalue weighted by atomic mass is 10.3. The first-order valence-corrected chi connectivity index (χ1v) is 5.49. The zero-order chi connectivity index (χ0) is 11.0.